The topological polar surface area (TPSA) is 75.7 Å². The van der Waals surface area contributed by atoms with Crippen LogP contribution in [0.15, 0.2) is 47.4 Å². The fraction of sp³-hybridized carbons (Fsp3) is 0.350. The SMILES string of the molecule is COc1ccc(S(=O)(=O)N2CCC(C(=O)Nc3ccc(Cl)cc3)CC2)cc1C. The number of aryl methyl sites for hydroxylation is 1. The summed E-state index contributed by atoms with van der Waals surface area (Å²) >= 11 is 5.85. The third kappa shape index (κ3) is 4.48. The molecule has 28 heavy (non-hydrogen) atoms. The maximum absolute atomic E-state index is 12.9. The van der Waals surface area contributed by atoms with Gasteiger partial charge in [0.25, 0.3) is 0 Å². The van der Waals surface area contributed by atoms with Gasteiger partial charge < -0.3 is 10.1 Å². The van der Waals surface area contributed by atoms with Gasteiger partial charge in [-0.3, -0.25) is 4.79 Å². The molecule has 6 nitrogen and oxygen atoms in total. The fourth-order valence-electron chi connectivity index (χ4n) is 3.30. The molecule has 2 aromatic rings. The Kier molecular flexibility index (Phi) is 6.27. The number of nitrogens with one attached hydrogen (secondary N) is 1. The Morgan fingerprint density at radius 3 is 2.36 bits per heavy atom. The summed E-state index contributed by atoms with van der Waals surface area (Å²) in [7, 11) is -2.04. The van der Waals surface area contributed by atoms with Crippen molar-refractivity contribution in [2.24, 2.45) is 5.92 Å². The molecule has 0 bridgehead atoms. The number of ether oxygens (including phenoxy) is 1. The van der Waals surface area contributed by atoms with Crippen molar-refractivity contribution in [3.05, 3.63) is 53.1 Å². The van der Waals surface area contributed by atoms with Crippen LogP contribution in [-0.2, 0) is 14.8 Å². The number of hydrogen-bond acceptors (Lipinski definition) is 4. The Morgan fingerprint density at radius 1 is 1.14 bits per heavy atom. The van der Waals surface area contributed by atoms with Crippen molar-refractivity contribution < 1.29 is 17.9 Å². The molecule has 0 radical (unpaired) electrons. The first kappa shape index (κ1) is 20.6. The minimum Gasteiger partial charge on any atom is -0.496 e. The molecule has 1 aliphatic heterocycles. The molecule has 2 aromatic carbocycles. The average molecular weight is 423 g/mol. The summed E-state index contributed by atoms with van der Waals surface area (Å²) in [4.78, 5) is 12.7. The lowest BCUT2D eigenvalue weighted by atomic mass is 9.97. The third-order valence-corrected chi connectivity index (χ3v) is 7.09. The largest absolute Gasteiger partial charge is 0.496 e. The second-order valence-corrected chi connectivity index (χ2v) is 9.18. The highest BCUT2D eigenvalue weighted by Gasteiger charge is 2.32. The normalized spacial score (nSPS) is 16.0. The maximum atomic E-state index is 12.9. The van der Waals surface area contributed by atoms with E-state index in [-0.39, 0.29) is 16.7 Å². The summed E-state index contributed by atoms with van der Waals surface area (Å²) in [5.41, 5.74) is 1.44. The van der Waals surface area contributed by atoms with E-state index in [0.717, 1.165) is 5.56 Å². The molecule has 0 spiro atoms. The Labute approximate surface area is 170 Å². The quantitative estimate of drug-likeness (QED) is 0.797. The zero-order chi connectivity index (χ0) is 20.3. The Hall–Kier alpha value is -2.09. The van der Waals surface area contributed by atoms with E-state index >= 15 is 0 Å². The van der Waals surface area contributed by atoms with Crippen molar-refractivity contribution in [1.82, 2.24) is 4.31 Å². The smallest absolute Gasteiger partial charge is 0.243 e. The molecule has 1 fully saturated rings. The van der Waals surface area contributed by atoms with Crippen LogP contribution in [-0.4, -0.2) is 38.8 Å². The first-order valence-electron chi connectivity index (χ1n) is 9.02. The van der Waals surface area contributed by atoms with Crippen LogP contribution in [0.1, 0.15) is 18.4 Å². The van der Waals surface area contributed by atoms with Gasteiger partial charge in [-0.1, -0.05) is 11.6 Å². The van der Waals surface area contributed by atoms with E-state index in [0.29, 0.717) is 42.4 Å². The van der Waals surface area contributed by atoms with Crippen molar-refractivity contribution >= 4 is 33.2 Å². The van der Waals surface area contributed by atoms with Crippen LogP contribution in [0.25, 0.3) is 0 Å². The number of sulfonamides is 1. The van der Waals surface area contributed by atoms with E-state index in [9.17, 15) is 13.2 Å². The molecule has 1 amide bonds. The molecule has 1 aliphatic rings. The summed E-state index contributed by atoms with van der Waals surface area (Å²) in [6.07, 6.45) is 0.960. The van der Waals surface area contributed by atoms with Crippen molar-refractivity contribution in [2.45, 2.75) is 24.7 Å². The van der Waals surface area contributed by atoms with Gasteiger partial charge in [0.15, 0.2) is 0 Å². The summed E-state index contributed by atoms with van der Waals surface area (Å²) in [5.74, 6) is 0.330. The van der Waals surface area contributed by atoms with Crippen molar-refractivity contribution in [3.8, 4) is 5.75 Å². The van der Waals surface area contributed by atoms with Crippen LogP contribution in [0.5, 0.6) is 5.75 Å². The molecule has 8 heteroatoms. The highest BCUT2D eigenvalue weighted by atomic mass is 35.5. The molecule has 3 rings (SSSR count). The van der Waals surface area contributed by atoms with E-state index in [2.05, 4.69) is 5.32 Å². The monoisotopic (exact) mass is 422 g/mol. The Morgan fingerprint density at radius 2 is 1.79 bits per heavy atom. The third-order valence-electron chi connectivity index (χ3n) is 4.94. The Balaban J connectivity index is 1.63. The molecule has 1 heterocycles. The zero-order valence-corrected chi connectivity index (χ0v) is 17.4. The second-order valence-electron chi connectivity index (χ2n) is 6.81. The van der Waals surface area contributed by atoms with Crippen LogP contribution >= 0.6 is 11.6 Å². The molecule has 0 aromatic heterocycles. The number of nitrogens with zero attached hydrogens (tertiary/aromatic N) is 1. The summed E-state index contributed by atoms with van der Waals surface area (Å²) < 4.78 is 32.5. The van der Waals surface area contributed by atoms with E-state index in [1.54, 1.807) is 49.6 Å². The number of hydrogen-bond donors (Lipinski definition) is 1. The molecule has 1 saturated heterocycles. The lowest BCUT2D eigenvalue weighted by molar-refractivity contribution is -0.120. The number of methoxy groups -OCH3 is 1. The number of rotatable bonds is 5. The summed E-state index contributed by atoms with van der Waals surface area (Å²) in [5, 5.41) is 3.47. The minimum absolute atomic E-state index is 0.0975. The molecular weight excluding hydrogens is 400 g/mol. The van der Waals surface area contributed by atoms with E-state index in [4.69, 9.17) is 16.3 Å². The predicted octanol–water partition coefficient (Wildman–Crippen LogP) is 3.70. The molecule has 150 valence electrons. The Bertz CT molecular complexity index is 953. The highest BCUT2D eigenvalue weighted by molar-refractivity contribution is 7.89. The van der Waals surface area contributed by atoms with Gasteiger partial charge in [-0.15, -0.1) is 0 Å². The van der Waals surface area contributed by atoms with Gasteiger partial charge in [0, 0.05) is 29.7 Å². The molecule has 0 saturated carbocycles. The standard InChI is InChI=1S/C20H23ClN2O4S/c1-14-13-18(7-8-19(14)27-2)28(25,26)23-11-9-15(10-12-23)20(24)22-17-5-3-16(21)4-6-17/h3-8,13,15H,9-12H2,1-2H3,(H,22,24). The van der Waals surface area contributed by atoms with E-state index in [1.165, 1.54) is 4.31 Å². The van der Waals surface area contributed by atoms with E-state index < -0.39 is 10.0 Å². The van der Waals surface area contributed by atoms with Crippen LogP contribution in [0.2, 0.25) is 5.02 Å². The van der Waals surface area contributed by atoms with Gasteiger partial charge in [-0.05, 0) is 67.8 Å². The first-order chi connectivity index (χ1) is 13.3. The summed E-state index contributed by atoms with van der Waals surface area (Å²) in [6, 6.07) is 11.7. The fourth-order valence-corrected chi connectivity index (χ4v) is 4.98. The zero-order valence-electron chi connectivity index (χ0n) is 15.8. The molecule has 0 atom stereocenters. The highest BCUT2D eigenvalue weighted by Crippen LogP contribution is 2.27. The number of amides is 1. The molecule has 1 N–H and O–H groups in total. The van der Waals surface area contributed by atoms with Gasteiger partial charge in [0.2, 0.25) is 15.9 Å². The predicted molar refractivity (Wildman–Crippen MR) is 109 cm³/mol. The van der Waals surface area contributed by atoms with Gasteiger partial charge in [-0.25, -0.2) is 8.42 Å². The number of carbonyl (C=O) groups excluding carboxylic acids is 1. The van der Waals surface area contributed by atoms with Gasteiger partial charge in [0.1, 0.15) is 5.75 Å². The van der Waals surface area contributed by atoms with Crippen molar-refractivity contribution in [1.29, 1.82) is 0 Å². The van der Waals surface area contributed by atoms with Crippen LogP contribution in [0, 0.1) is 12.8 Å². The number of carbonyl (C=O) groups is 1. The van der Waals surface area contributed by atoms with E-state index in [1.807, 2.05) is 6.92 Å². The number of halogens is 1. The van der Waals surface area contributed by atoms with Crippen molar-refractivity contribution in [2.75, 3.05) is 25.5 Å². The number of anilines is 1. The van der Waals surface area contributed by atoms with Gasteiger partial charge >= 0.3 is 0 Å². The van der Waals surface area contributed by atoms with Gasteiger partial charge in [0.05, 0.1) is 12.0 Å². The lowest BCUT2D eigenvalue weighted by Crippen LogP contribution is -2.41. The minimum atomic E-state index is -3.59. The average Bonchev–Trinajstić information content (AvgIpc) is 2.69. The van der Waals surface area contributed by atoms with Crippen LogP contribution in [0.3, 0.4) is 0 Å². The van der Waals surface area contributed by atoms with Crippen LogP contribution < -0.4 is 10.1 Å². The number of piperidine rings is 1. The van der Waals surface area contributed by atoms with Gasteiger partial charge in [-0.2, -0.15) is 4.31 Å². The van der Waals surface area contributed by atoms with Crippen molar-refractivity contribution in [3.63, 3.8) is 0 Å². The molecule has 0 unspecified atom stereocenters. The molecule has 0 aliphatic carbocycles. The maximum Gasteiger partial charge on any atom is 0.243 e. The summed E-state index contributed by atoms with van der Waals surface area (Å²) in [6.45, 7) is 2.43. The molecular formula is C20H23ClN2O4S. The lowest BCUT2D eigenvalue weighted by Gasteiger charge is -2.30. The van der Waals surface area contributed by atoms with Crippen LogP contribution in [0.4, 0.5) is 5.69 Å². The first-order valence-corrected chi connectivity index (χ1v) is 10.8. The number of benzene rings is 2. The second kappa shape index (κ2) is 8.51.